The summed E-state index contributed by atoms with van der Waals surface area (Å²) in [4.78, 5) is 12.0. The molecule has 1 aliphatic rings. The Bertz CT molecular complexity index is 273. The van der Waals surface area contributed by atoms with Gasteiger partial charge in [-0.15, -0.1) is 0 Å². The van der Waals surface area contributed by atoms with Crippen molar-refractivity contribution in [3.63, 3.8) is 0 Å². The van der Waals surface area contributed by atoms with Gasteiger partial charge in [-0.2, -0.15) is 0 Å². The second kappa shape index (κ2) is 6.53. The Morgan fingerprint density at radius 3 is 2.72 bits per heavy atom. The first-order chi connectivity index (χ1) is 8.33. The van der Waals surface area contributed by atoms with Gasteiger partial charge >= 0.3 is 0 Å². The van der Waals surface area contributed by atoms with E-state index in [4.69, 9.17) is 4.74 Å². The summed E-state index contributed by atoms with van der Waals surface area (Å²) in [7, 11) is 0. The van der Waals surface area contributed by atoms with Crippen LogP contribution in [-0.4, -0.2) is 36.4 Å². The highest BCUT2D eigenvalue weighted by Gasteiger charge is 2.32. The fourth-order valence-electron chi connectivity index (χ4n) is 2.48. The van der Waals surface area contributed by atoms with Crippen LogP contribution in [0.25, 0.3) is 0 Å². The number of hydrogen-bond acceptors (Lipinski definition) is 3. The van der Waals surface area contributed by atoms with Crippen molar-refractivity contribution in [1.29, 1.82) is 0 Å². The minimum Gasteiger partial charge on any atom is -0.391 e. The van der Waals surface area contributed by atoms with Crippen LogP contribution in [0, 0.1) is 11.3 Å². The Balaban J connectivity index is 2.32. The number of ether oxygens (including phenoxy) is 1. The molecule has 1 amide bonds. The summed E-state index contributed by atoms with van der Waals surface area (Å²) in [6, 6.07) is 0. The molecule has 0 spiro atoms. The van der Waals surface area contributed by atoms with Gasteiger partial charge in [-0.25, -0.2) is 0 Å². The van der Waals surface area contributed by atoms with E-state index in [1.807, 2.05) is 6.92 Å². The van der Waals surface area contributed by atoms with Crippen LogP contribution in [0.15, 0.2) is 0 Å². The van der Waals surface area contributed by atoms with Gasteiger partial charge in [0.1, 0.15) is 0 Å². The second-order valence-electron chi connectivity index (χ2n) is 6.38. The molecule has 0 aromatic carbocycles. The SMILES string of the molecule is CCC1OCCC1C(=O)NCC(O)CC(C)(C)C. The van der Waals surface area contributed by atoms with Gasteiger partial charge in [-0.05, 0) is 24.7 Å². The Kier molecular flexibility index (Phi) is 5.60. The highest BCUT2D eigenvalue weighted by Crippen LogP contribution is 2.24. The van der Waals surface area contributed by atoms with Gasteiger partial charge in [0.2, 0.25) is 5.91 Å². The van der Waals surface area contributed by atoms with Crippen LogP contribution in [0.3, 0.4) is 0 Å². The highest BCUT2D eigenvalue weighted by molar-refractivity contribution is 5.79. The van der Waals surface area contributed by atoms with E-state index in [0.29, 0.717) is 19.6 Å². The normalized spacial score (nSPS) is 26.1. The van der Waals surface area contributed by atoms with Gasteiger partial charge in [-0.3, -0.25) is 4.79 Å². The number of aliphatic hydroxyl groups is 1. The maximum atomic E-state index is 12.0. The van der Waals surface area contributed by atoms with Crippen LogP contribution in [0.5, 0.6) is 0 Å². The molecule has 4 nitrogen and oxygen atoms in total. The summed E-state index contributed by atoms with van der Waals surface area (Å²) < 4.78 is 5.50. The van der Waals surface area contributed by atoms with E-state index in [9.17, 15) is 9.90 Å². The number of rotatable bonds is 5. The summed E-state index contributed by atoms with van der Waals surface area (Å²) in [5.74, 6) is -0.0239. The maximum absolute atomic E-state index is 12.0. The Hall–Kier alpha value is -0.610. The lowest BCUT2D eigenvalue weighted by Gasteiger charge is -2.23. The van der Waals surface area contributed by atoms with Gasteiger partial charge in [0.05, 0.1) is 18.1 Å². The van der Waals surface area contributed by atoms with Gasteiger partial charge in [0.25, 0.3) is 0 Å². The van der Waals surface area contributed by atoms with Crippen molar-refractivity contribution in [2.75, 3.05) is 13.2 Å². The number of aliphatic hydroxyl groups excluding tert-OH is 1. The molecular weight excluding hydrogens is 230 g/mol. The fraction of sp³-hybridized carbons (Fsp3) is 0.929. The average Bonchev–Trinajstić information content (AvgIpc) is 2.71. The van der Waals surface area contributed by atoms with Crippen molar-refractivity contribution in [1.82, 2.24) is 5.32 Å². The average molecular weight is 257 g/mol. The molecule has 18 heavy (non-hydrogen) atoms. The Morgan fingerprint density at radius 1 is 1.50 bits per heavy atom. The largest absolute Gasteiger partial charge is 0.391 e. The molecule has 0 saturated carbocycles. The fourth-order valence-corrected chi connectivity index (χ4v) is 2.48. The molecule has 2 N–H and O–H groups in total. The maximum Gasteiger partial charge on any atom is 0.225 e. The summed E-state index contributed by atoms with van der Waals surface area (Å²) in [5, 5.41) is 12.7. The summed E-state index contributed by atoms with van der Waals surface area (Å²) >= 11 is 0. The summed E-state index contributed by atoms with van der Waals surface area (Å²) in [6.07, 6.45) is 1.91. The third-order valence-corrected chi connectivity index (χ3v) is 3.31. The van der Waals surface area contributed by atoms with Crippen LogP contribution < -0.4 is 5.32 Å². The van der Waals surface area contributed by atoms with Crippen LogP contribution in [0.2, 0.25) is 0 Å². The van der Waals surface area contributed by atoms with E-state index >= 15 is 0 Å². The minimum atomic E-state index is -0.476. The van der Waals surface area contributed by atoms with Gasteiger partial charge in [0, 0.05) is 13.2 Å². The number of carbonyl (C=O) groups is 1. The van der Waals surface area contributed by atoms with Crippen LogP contribution >= 0.6 is 0 Å². The highest BCUT2D eigenvalue weighted by atomic mass is 16.5. The number of nitrogens with one attached hydrogen (secondary N) is 1. The molecule has 0 bridgehead atoms. The number of carbonyl (C=O) groups excluding carboxylic acids is 1. The molecule has 3 unspecified atom stereocenters. The lowest BCUT2D eigenvalue weighted by atomic mass is 9.89. The lowest BCUT2D eigenvalue weighted by Crippen LogP contribution is -2.40. The monoisotopic (exact) mass is 257 g/mol. The van der Waals surface area contributed by atoms with E-state index in [2.05, 4.69) is 26.1 Å². The zero-order valence-corrected chi connectivity index (χ0v) is 12.0. The molecule has 106 valence electrons. The lowest BCUT2D eigenvalue weighted by molar-refractivity contribution is -0.127. The Labute approximate surface area is 110 Å². The van der Waals surface area contributed by atoms with Crippen molar-refractivity contribution in [3.05, 3.63) is 0 Å². The molecule has 0 radical (unpaired) electrons. The molecule has 0 aromatic heterocycles. The van der Waals surface area contributed by atoms with Gasteiger partial charge < -0.3 is 15.2 Å². The van der Waals surface area contributed by atoms with Crippen molar-refractivity contribution >= 4 is 5.91 Å². The quantitative estimate of drug-likeness (QED) is 0.788. The van der Waals surface area contributed by atoms with E-state index in [1.54, 1.807) is 0 Å². The first-order valence-electron chi connectivity index (χ1n) is 6.91. The predicted molar refractivity (Wildman–Crippen MR) is 71.2 cm³/mol. The van der Waals surface area contributed by atoms with Crippen LogP contribution in [-0.2, 0) is 9.53 Å². The predicted octanol–water partition coefficient (Wildman–Crippen LogP) is 1.71. The molecule has 1 aliphatic heterocycles. The van der Waals surface area contributed by atoms with Crippen molar-refractivity contribution in [2.24, 2.45) is 11.3 Å². The molecule has 4 heteroatoms. The smallest absolute Gasteiger partial charge is 0.225 e. The molecule has 1 rings (SSSR count). The first-order valence-corrected chi connectivity index (χ1v) is 6.91. The zero-order chi connectivity index (χ0) is 13.8. The molecule has 1 heterocycles. The third-order valence-electron chi connectivity index (χ3n) is 3.31. The van der Waals surface area contributed by atoms with E-state index in [0.717, 1.165) is 12.8 Å². The molecule has 1 fully saturated rings. The third kappa shape index (κ3) is 4.94. The van der Waals surface area contributed by atoms with E-state index in [1.165, 1.54) is 0 Å². The van der Waals surface area contributed by atoms with Gasteiger partial charge in [-0.1, -0.05) is 27.7 Å². The van der Waals surface area contributed by atoms with E-state index in [-0.39, 0.29) is 23.3 Å². The molecular formula is C14H27NO3. The molecule has 0 aliphatic carbocycles. The topological polar surface area (TPSA) is 58.6 Å². The standard InChI is InChI=1S/C14H27NO3/c1-5-12-11(6-7-18-12)13(17)15-9-10(16)8-14(2,3)4/h10-12,16H,5-9H2,1-4H3,(H,15,17). The summed E-state index contributed by atoms with van der Waals surface area (Å²) in [5.41, 5.74) is 0.0760. The van der Waals surface area contributed by atoms with Crippen molar-refractivity contribution in [3.8, 4) is 0 Å². The van der Waals surface area contributed by atoms with E-state index < -0.39 is 6.10 Å². The molecule has 3 atom stereocenters. The molecule has 1 saturated heterocycles. The van der Waals surface area contributed by atoms with Crippen molar-refractivity contribution < 1.29 is 14.6 Å². The van der Waals surface area contributed by atoms with Crippen molar-refractivity contribution in [2.45, 2.75) is 59.2 Å². The zero-order valence-electron chi connectivity index (χ0n) is 12.0. The van der Waals surface area contributed by atoms with Gasteiger partial charge in [0.15, 0.2) is 0 Å². The number of amides is 1. The van der Waals surface area contributed by atoms with Crippen LogP contribution in [0.4, 0.5) is 0 Å². The number of hydrogen-bond donors (Lipinski definition) is 2. The van der Waals surface area contributed by atoms with Crippen LogP contribution in [0.1, 0.15) is 47.0 Å². The molecule has 0 aromatic rings. The Morgan fingerprint density at radius 2 is 2.17 bits per heavy atom. The minimum absolute atomic E-state index is 0.0207. The first kappa shape index (κ1) is 15.4. The summed E-state index contributed by atoms with van der Waals surface area (Å²) in [6.45, 7) is 9.27. The second-order valence-corrected chi connectivity index (χ2v) is 6.38.